The van der Waals surface area contributed by atoms with Crippen LogP contribution in [0.2, 0.25) is 0 Å². The van der Waals surface area contributed by atoms with Crippen LogP contribution in [0.25, 0.3) is 0 Å². The molecule has 0 spiro atoms. The molecule has 1 aromatic carbocycles. The molecule has 0 fully saturated rings. The summed E-state index contributed by atoms with van der Waals surface area (Å²) in [6.45, 7) is 0. The van der Waals surface area contributed by atoms with Crippen molar-refractivity contribution in [3.8, 4) is 0 Å². The van der Waals surface area contributed by atoms with Gasteiger partial charge in [0.05, 0.1) is 11.4 Å². The first-order chi connectivity index (χ1) is 6.42. The Hall–Kier alpha value is 0.0800. The summed E-state index contributed by atoms with van der Waals surface area (Å²) >= 11 is 3.78. The molecule has 0 saturated carbocycles. The predicted molar refractivity (Wildman–Crippen MR) is 55.1 cm³/mol. The largest absolute Gasteiger partial charge is 1.00 e. The number of hydrogen-bond acceptors (Lipinski definition) is 6. The first kappa shape index (κ1) is 13.1. The Labute approximate surface area is 115 Å². The van der Waals surface area contributed by atoms with Crippen molar-refractivity contribution >= 4 is 34.1 Å². The standard InChI is InChI=1S/C7H8N2O3S2.Na/c10-14(11,12)7(13)8-5-3-1-2-4-6(5)9-7;/h1-4,8-9,13H,(H,10,11,12);/q;+1/p-1. The maximum absolute atomic E-state index is 10.9. The van der Waals surface area contributed by atoms with Crippen LogP contribution >= 0.6 is 12.6 Å². The summed E-state index contributed by atoms with van der Waals surface area (Å²) in [7, 11) is -4.58. The van der Waals surface area contributed by atoms with Crippen LogP contribution in [0.5, 0.6) is 0 Å². The van der Waals surface area contributed by atoms with Gasteiger partial charge < -0.3 is 15.2 Å². The molecule has 0 aliphatic carbocycles. The molecule has 1 aliphatic heterocycles. The van der Waals surface area contributed by atoms with Gasteiger partial charge in [-0.3, -0.25) is 0 Å². The van der Waals surface area contributed by atoms with Gasteiger partial charge in [0.2, 0.25) is 4.33 Å². The minimum Gasteiger partial charge on any atom is -0.744 e. The number of hydrogen-bond donors (Lipinski definition) is 3. The van der Waals surface area contributed by atoms with E-state index in [2.05, 4.69) is 23.3 Å². The van der Waals surface area contributed by atoms with Gasteiger partial charge in [-0.15, -0.1) is 12.6 Å². The van der Waals surface area contributed by atoms with Crippen LogP contribution in [0, 0.1) is 0 Å². The molecule has 0 unspecified atom stereocenters. The molecular formula is C7H7N2NaO3S2. The fourth-order valence-electron chi connectivity index (χ4n) is 1.22. The van der Waals surface area contributed by atoms with Gasteiger partial charge in [-0.25, -0.2) is 8.42 Å². The van der Waals surface area contributed by atoms with Gasteiger partial charge in [0.25, 0.3) is 0 Å². The Morgan fingerprint density at radius 3 is 1.93 bits per heavy atom. The molecule has 0 aromatic heterocycles. The fourth-order valence-corrected chi connectivity index (χ4v) is 1.93. The molecule has 5 nitrogen and oxygen atoms in total. The second-order valence-electron chi connectivity index (χ2n) is 2.89. The summed E-state index contributed by atoms with van der Waals surface area (Å²) < 4.78 is 30.7. The number of anilines is 2. The zero-order valence-electron chi connectivity index (χ0n) is 7.89. The van der Waals surface area contributed by atoms with Crippen LogP contribution < -0.4 is 40.2 Å². The SMILES string of the molecule is O=S(=O)([O-])C1(S)Nc2ccccc2N1.[Na+]. The van der Waals surface area contributed by atoms with Crippen LogP contribution in [0.4, 0.5) is 11.4 Å². The van der Waals surface area contributed by atoms with Crippen molar-refractivity contribution in [1.82, 2.24) is 0 Å². The van der Waals surface area contributed by atoms with E-state index >= 15 is 0 Å². The van der Waals surface area contributed by atoms with Crippen LogP contribution in [-0.4, -0.2) is 17.3 Å². The second kappa shape index (κ2) is 4.15. The van der Waals surface area contributed by atoms with E-state index in [1.807, 2.05) is 0 Å². The van der Waals surface area contributed by atoms with Crippen LogP contribution in [-0.2, 0) is 10.1 Å². The quantitative estimate of drug-likeness (QED) is 0.296. The topological polar surface area (TPSA) is 81.3 Å². The van der Waals surface area contributed by atoms with Crippen LogP contribution in [0.3, 0.4) is 0 Å². The zero-order chi connectivity index (χ0) is 10.4. The summed E-state index contributed by atoms with van der Waals surface area (Å²) in [6, 6.07) is 6.77. The monoisotopic (exact) mass is 254 g/mol. The first-order valence-corrected chi connectivity index (χ1v) is 5.61. The minimum absolute atomic E-state index is 0. The molecule has 8 heteroatoms. The fraction of sp³-hybridized carbons (Fsp3) is 0.143. The number of para-hydroxylation sites is 2. The molecule has 1 aliphatic rings. The number of thiol groups is 1. The minimum atomic E-state index is -4.58. The van der Waals surface area contributed by atoms with Crippen molar-refractivity contribution in [1.29, 1.82) is 0 Å². The van der Waals surface area contributed by atoms with Crippen molar-refractivity contribution < 1.29 is 42.5 Å². The van der Waals surface area contributed by atoms with Gasteiger partial charge in [-0.2, -0.15) is 0 Å². The van der Waals surface area contributed by atoms with E-state index in [4.69, 9.17) is 0 Å². The normalized spacial score (nSPS) is 16.9. The molecule has 1 heterocycles. The van der Waals surface area contributed by atoms with E-state index in [-0.39, 0.29) is 29.6 Å². The van der Waals surface area contributed by atoms with E-state index in [9.17, 15) is 13.0 Å². The molecule has 15 heavy (non-hydrogen) atoms. The predicted octanol–water partition coefficient (Wildman–Crippen LogP) is -2.39. The number of fused-ring (bicyclic) bond motifs is 1. The van der Waals surface area contributed by atoms with E-state index in [1.165, 1.54) is 0 Å². The molecule has 0 atom stereocenters. The van der Waals surface area contributed by atoms with Gasteiger partial charge in [0.15, 0.2) is 0 Å². The van der Waals surface area contributed by atoms with Gasteiger partial charge in [-0.1, -0.05) is 12.1 Å². The molecule has 76 valence electrons. The molecule has 0 radical (unpaired) electrons. The van der Waals surface area contributed by atoms with Crippen LogP contribution in [0.1, 0.15) is 0 Å². The van der Waals surface area contributed by atoms with Crippen molar-refractivity contribution in [2.75, 3.05) is 10.6 Å². The van der Waals surface area contributed by atoms with Crippen LogP contribution in [0.15, 0.2) is 24.3 Å². The van der Waals surface area contributed by atoms with E-state index in [1.54, 1.807) is 24.3 Å². The summed E-state index contributed by atoms with van der Waals surface area (Å²) in [5, 5.41) is 5.01. The molecule has 0 bridgehead atoms. The number of nitrogens with one attached hydrogen (secondary N) is 2. The van der Waals surface area contributed by atoms with E-state index < -0.39 is 14.4 Å². The third-order valence-electron chi connectivity index (χ3n) is 1.90. The molecule has 2 N–H and O–H groups in total. The Kier molecular flexibility index (Phi) is 3.64. The first-order valence-electron chi connectivity index (χ1n) is 3.76. The number of rotatable bonds is 1. The Morgan fingerprint density at radius 2 is 1.60 bits per heavy atom. The third kappa shape index (κ3) is 2.27. The van der Waals surface area contributed by atoms with Crippen molar-refractivity contribution in [2.24, 2.45) is 0 Å². The number of benzene rings is 1. The third-order valence-corrected chi connectivity index (χ3v) is 3.72. The van der Waals surface area contributed by atoms with Crippen molar-refractivity contribution in [3.05, 3.63) is 24.3 Å². The van der Waals surface area contributed by atoms with E-state index in [0.29, 0.717) is 11.4 Å². The second-order valence-corrected chi connectivity index (χ2v) is 5.39. The van der Waals surface area contributed by atoms with Gasteiger partial charge in [0.1, 0.15) is 10.1 Å². The molecule has 2 rings (SSSR count). The molecular weight excluding hydrogens is 247 g/mol. The van der Waals surface area contributed by atoms with Gasteiger partial charge in [0, 0.05) is 0 Å². The summed E-state index contributed by atoms with van der Waals surface area (Å²) in [4.78, 5) is 0. The van der Waals surface area contributed by atoms with Gasteiger partial charge >= 0.3 is 29.6 Å². The smallest absolute Gasteiger partial charge is 0.744 e. The maximum atomic E-state index is 10.9. The van der Waals surface area contributed by atoms with Crippen molar-refractivity contribution in [2.45, 2.75) is 4.33 Å². The maximum Gasteiger partial charge on any atom is 1.00 e. The Bertz CT molecular complexity index is 452. The average molecular weight is 254 g/mol. The Morgan fingerprint density at radius 1 is 1.20 bits per heavy atom. The van der Waals surface area contributed by atoms with Crippen molar-refractivity contribution in [3.63, 3.8) is 0 Å². The summed E-state index contributed by atoms with van der Waals surface area (Å²) in [5.74, 6) is 0. The van der Waals surface area contributed by atoms with Gasteiger partial charge in [-0.05, 0) is 12.1 Å². The summed E-state index contributed by atoms with van der Waals surface area (Å²) in [5.41, 5.74) is 1.09. The summed E-state index contributed by atoms with van der Waals surface area (Å²) in [6.07, 6.45) is 0. The Balaban J connectivity index is 0.00000112. The molecule has 1 aromatic rings. The average Bonchev–Trinajstić information content (AvgIpc) is 2.40. The van der Waals surface area contributed by atoms with E-state index in [0.717, 1.165) is 0 Å². The molecule has 0 saturated heterocycles. The zero-order valence-corrected chi connectivity index (χ0v) is 11.6. The molecule has 0 amide bonds.